The molecule has 5 nitrogen and oxygen atoms in total. The van der Waals surface area contributed by atoms with Crippen molar-refractivity contribution < 1.29 is 4.92 Å². The average Bonchev–Trinajstić information content (AvgIpc) is 2.41. The van der Waals surface area contributed by atoms with Crippen LogP contribution in [-0.2, 0) is 6.54 Å². The molecular formula is C15H17N3O2. The molecule has 2 rings (SSSR count). The second-order valence-corrected chi connectivity index (χ2v) is 4.84. The molecule has 0 aliphatic carbocycles. The van der Waals surface area contributed by atoms with Crippen LogP contribution in [0.25, 0.3) is 0 Å². The fraction of sp³-hybridized carbons (Fsp3) is 0.200. The van der Waals surface area contributed by atoms with Crippen LogP contribution in [0.4, 0.5) is 17.1 Å². The molecule has 20 heavy (non-hydrogen) atoms. The van der Waals surface area contributed by atoms with Gasteiger partial charge in [0.15, 0.2) is 0 Å². The molecule has 0 bridgehead atoms. The van der Waals surface area contributed by atoms with Crippen molar-refractivity contribution in [1.29, 1.82) is 0 Å². The number of rotatable bonds is 4. The van der Waals surface area contributed by atoms with Gasteiger partial charge in [-0.15, -0.1) is 0 Å². The molecule has 0 spiro atoms. The molecule has 0 unspecified atom stereocenters. The van der Waals surface area contributed by atoms with Crippen LogP contribution in [0.15, 0.2) is 42.5 Å². The van der Waals surface area contributed by atoms with Crippen molar-refractivity contribution >= 4 is 17.1 Å². The maximum Gasteiger partial charge on any atom is 0.269 e. The number of aryl methyl sites for hydroxylation is 1. The summed E-state index contributed by atoms with van der Waals surface area (Å²) in [4.78, 5) is 12.4. The molecule has 0 amide bonds. The molecule has 5 heteroatoms. The van der Waals surface area contributed by atoms with Crippen LogP contribution < -0.4 is 10.6 Å². The van der Waals surface area contributed by atoms with Gasteiger partial charge in [0.25, 0.3) is 5.69 Å². The Kier molecular flexibility index (Phi) is 3.89. The first-order chi connectivity index (χ1) is 9.47. The van der Waals surface area contributed by atoms with Crippen LogP contribution in [0.2, 0.25) is 0 Å². The van der Waals surface area contributed by atoms with Crippen LogP contribution in [0.1, 0.15) is 11.1 Å². The van der Waals surface area contributed by atoms with Gasteiger partial charge in [0, 0.05) is 42.7 Å². The van der Waals surface area contributed by atoms with E-state index in [9.17, 15) is 10.1 Å². The van der Waals surface area contributed by atoms with Gasteiger partial charge in [0.05, 0.1) is 4.92 Å². The summed E-state index contributed by atoms with van der Waals surface area (Å²) in [5.41, 5.74) is 9.50. The molecule has 0 fully saturated rings. The van der Waals surface area contributed by atoms with Crippen LogP contribution in [0.5, 0.6) is 0 Å². The smallest absolute Gasteiger partial charge is 0.269 e. The fourth-order valence-corrected chi connectivity index (χ4v) is 2.05. The third-order valence-corrected chi connectivity index (χ3v) is 3.19. The maximum absolute atomic E-state index is 10.8. The van der Waals surface area contributed by atoms with Gasteiger partial charge in [0.1, 0.15) is 0 Å². The summed E-state index contributed by atoms with van der Waals surface area (Å²) >= 11 is 0. The molecule has 104 valence electrons. The zero-order valence-corrected chi connectivity index (χ0v) is 11.5. The van der Waals surface area contributed by atoms with Crippen molar-refractivity contribution in [2.45, 2.75) is 13.5 Å². The summed E-state index contributed by atoms with van der Waals surface area (Å²) in [6.07, 6.45) is 0. The molecule has 0 saturated heterocycles. The Labute approximate surface area is 117 Å². The standard InChI is InChI=1S/C15H17N3O2/c1-11-4-3-5-13(8-11)17(2)10-12-9-14(18(19)20)6-7-15(12)16/h3-9H,10,16H2,1-2H3. The first kappa shape index (κ1) is 13.9. The summed E-state index contributed by atoms with van der Waals surface area (Å²) in [5, 5.41) is 10.8. The minimum atomic E-state index is -0.407. The minimum absolute atomic E-state index is 0.0619. The Morgan fingerprint density at radius 2 is 2.00 bits per heavy atom. The van der Waals surface area contributed by atoms with Gasteiger partial charge in [-0.05, 0) is 30.7 Å². The SMILES string of the molecule is Cc1cccc(N(C)Cc2cc([N+](=O)[O-])ccc2N)c1. The highest BCUT2D eigenvalue weighted by molar-refractivity contribution is 5.56. The lowest BCUT2D eigenvalue weighted by molar-refractivity contribution is -0.384. The Bertz CT molecular complexity index is 641. The number of nitrogen functional groups attached to an aromatic ring is 1. The number of benzene rings is 2. The molecule has 0 atom stereocenters. The van der Waals surface area contributed by atoms with Crippen LogP contribution in [0, 0.1) is 17.0 Å². The number of hydrogen-bond acceptors (Lipinski definition) is 4. The summed E-state index contributed by atoms with van der Waals surface area (Å²) in [5.74, 6) is 0. The maximum atomic E-state index is 10.8. The van der Waals surface area contributed by atoms with E-state index in [1.165, 1.54) is 17.7 Å². The molecule has 0 aromatic heterocycles. The summed E-state index contributed by atoms with van der Waals surface area (Å²) in [7, 11) is 1.94. The average molecular weight is 271 g/mol. The van der Waals surface area contributed by atoms with Crippen LogP contribution in [0.3, 0.4) is 0 Å². The molecule has 2 aromatic carbocycles. The predicted octanol–water partition coefficient (Wildman–Crippen LogP) is 3.12. The van der Waals surface area contributed by atoms with E-state index in [-0.39, 0.29) is 5.69 Å². The molecule has 2 N–H and O–H groups in total. The second-order valence-electron chi connectivity index (χ2n) is 4.84. The minimum Gasteiger partial charge on any atom is -0.398 e. The van der Waals surface area contributed by atoms with Crippen molar-refractivity contribution in [3.8, 4) is 0 Å². The van der Waals surface area contributed by atoms with E-state index >= 15 is 0 Å². The normalized spacial score (nSPS) is 10.3. The number of non-ortho nitro benzene ring substituents is 1. The molecule has 2 aromatic rings. The zero-order valence-electron chi connectivity index (χ0n) is 11.5. The van der Waals surface area contributed by atoms with Crippen molar-refractivity contribution in [1.82, 2.24) is 0 Å². The van der Waals surface area contributed by atoms with Crippen LogP contribution in [-0.4, -0.2) is 12.0 Å². The van der Waals surface area contributed by atoms with Crippen molar-refractivity contribution in [2.24, 2.45) is 0 Å². The Morgan fingerprint density at radius 1 is 1.25 bits per heavy atom. The molecule has 0 heterocycles. The van der Waals surface area contributed by atoms with E-state index in [2.05, 4.69) is 6.07 Å². The topological polar surface area (TPSA) is 72.4 Å². The van der Waals surface area contributed by atoms with E-state index in [1.807, 2.05) is 37.1 Å². The highest BCUT2D eigenvalue weighted by atomic mass is 16.6. The number of anilines is 2. The van der Waals surface area contributed by atoms with Crippen molar-refractivity contribution in [3.05, 3.63) is 63.7 Å². The number of nitro groups is 1. The largest absolute Gasteiger partial charge is 0.398 e. The van der Waals surface area contributed by atoms with E-state index in [4.69, 9.17) is 5.73 Å². The van der Waals surface area contributed by atoms with E-state index < -0.39 is 4.92 Å². The first-order valence-corrected chi connectivity index (χ1v) is 6.28. The number of nitrogens with two attached hydrogens (primary N) is 1. The number of nitrogens with zero attached hydrogens (tertiary/aromatic N) is 2. The molecule has 0 aliphatic heterocycles. The molecular weight excluding hydrogens is 254 g/mol. The van der Waals surface area contributed by atoms with Gasteiger partial charge in [-0.2, -0.15) is 0 Å². The highest BCUT2D eigenvalue weighted by Crippen LogP contribution is 2.23. The van der Waals surface area contributed by atoms with Crippen LogP contribution >= 0.6 is 0 Å². The third kappa shape index (κ3) is 3.06. The molecule has 0 radical (unpaired) electrons. The van der Waals surface area contributed by atoms with Gasteiger partial charge in [-0.1, -0.05) is 12.1 Å². The Hall–Kier alpha value is -2.56. The Balaban J connectivity index is 2.25. The monoisotopic (exact) mass is 271 g/mol. The Morgan fingerprint density at radius 3 is 2.65 bits per heavy atom. The van der Waals surface area contributed by atoms with Gasteiger partial charge < -0.3 is 10.6 Å². The second kappa shape index (κ2) is 5.61. The van der Waals surface area contributed by atoms with Gasteiger partial charge in [-0.25, -0.2) is 0 Å². The first-order valence-electron chi connectivity index (χ1n) is 6.28. The van der Waals surface area contributed by atoms with E-state index in [0.29, 0.717) is 12.2 Å². The molecule has 0 saturated carbocycles. The zero-order chi connectivity index (χ0) is 14.7. The summed E-state index contributed by atoms with van der Waals surface area (Å²) in [6.45, 7) is 2.55. The van der Waals surface area contributed by atoms with Gasteiger partial charge in [0.2, 0.25) is 0 Å². The van der Waals surface area contributed by atoms with Crippen molar-refractivity contribution in [2.75, 3.05) is 17.7 Å². The lowest BCUT2D eigenvalue weighted by Gasteiger charge is -2.20. The third-order valence-electron chi connectivity index (χ3n) is 3.19. The van der Waals surface area contributed by atoms with Gasteiger partial charge >= 0.3 is 0 Å². The van der Waals surface area contributed by atoms with E-state index in [1.54, 1.807) is 6.07 Å². The van der Waals surface area contributed by atoms with E-state index in [0.717, 1.165) is 11.3 Å². The van der Waals surface area contributed by atoms with Crippen molar-refractivity contribution in [3.63, 3.8) is 0 Å². The quantitative estimate of drug-likeness (QED) is 0.527. The number of nitro benzene ring substituents is 1. The highest BCUT2D eigenvalue weighted by Gasteiger charge is 2.11. The summed E-state index contributed by atoms with van der Waals surface area (Å²) < 4.78 is 0. The molecule has 0 aliphatic rings. The van der Waals surface area contributed by atoms with Gasteiger partial charge in [-0.3, -0.25) is 10.1 Å². The number of hydrogen-bond donors (Lipinski definition) is 1. The fourth-order valence-electron chi connectivity index (χ4n) is 2.05. The predicted molar refractivity (Wildman–Crippen MR) is 80.8 cm³/mol. The lowest BCUT2D eigenvalue weighted by Crippen LogP contribution is -2.17. The summed E-state index contributed by atoms with van der Waals surface area (Å²) in [6, 6.07) is 12.6. The lowest BCUT2D eigenvalue weighted by atomic mass is 10.1.